The van der Waals surface area contributed by atoms with Crippen molar-refractivity contribution in [3.05, 3.63) is 106 Å². The van der Waals surface area contributed by atoms with E-state index in [1.165, 1.54) is 0 Å². The van der Waals surface area contributed by atoms with Crippen LogP contribution < -0.4 is 16.0 Å². The summed E-state index contributed by atoms with van der Waals surface area (Å²) in [6.07, 6.45) is -4.97. The van der Waals surface area contributed by atoms with Gasteiger partial charge in [-0.25, -0.2) is 8.78 Å². The highest BCUT2D eigenvalue weighted by molar-refractivity contribution is 5.96. The molecule has 4 N–H and O–H groups in total. The molecule has 2 atom stereocenters. The van der Waals surface area contributed by atoms with Crippen molar-refractivity contribution in [1.29, 1.82) is 0 Å². The minimum Gasteiger partial charge on any atom is -0.390 e. The minimum atomic E-state index is -4.55. The predicted molar refractivity (Wildman–Crippen MR) is 139 cm³/mol. The highest BCUT2D eigenvalue weighted by Crippen LogP contribution is 2.29. The fourth-order valence-electron chi connectivity index (χ4n) is 4.06. The van der Waals surface area contributed by atoms with Gasteiger partial charge in [-0.05, 0) is 65.9 Å². The normalized spacial score (nSPS) is 13.0. The molecular weight excluding hydrogens is 533 g/mol. The zero-order chi connectivity index (χ0) is 29.3. The monoisotopic (exact) mass is 563 g/mol. The first-order chi connectivity index (χ1) is 18.9. The number of aryl methyl sites for hydroxylation is 1. The molecule has 0 spiro atoms. The average molecular weight is 564 g/mol. The molecule has 0 aliphatic heterocycles. The number of amides is 2. The van der Waals surface area contributed by atoms with Crippen LogP contribution in [0.4, 0.5) is 22.0 Å². The van der Waals surface area contributed by atoms with Crippen LogP contribution in [-0.2, 0) is 30.4 Å². The Kier molecular flexibility index (Phi) is 10.7. The molecule has 214 valence electrons. The van der Waals surface area contributed by atoms with Gasteiger partial charge < -0.3 is 21.1 Å². The zero-order valence-corrected chi connectivity index (χ0v) is 21.7. The Bertz CT molecular complexity index is 1280. The maximum atomic E-state index is 13.7. The number of carbonyl (C=O) groups is 2. The number of halogens is 5. The van der Waals surface area contributed by atoms with Gasteiger partial charge in [0.05, 0.1) is 24.3 Å². The summed E-state index contributed by atoms with van der Waals surface area (Å²) in [5.74, 6) is -3.11. The molecular formula is C29H30F5N3O3. The highest BCUT2D eigenvalue weighted by Gasteiger charge is 2.30. The van der Waals surface area contributed by atoms with E-state index in [0.29, 0.717) is 12.6 Å². The molecule has 2 amide bonds. The second-order valence-corrected chi connectivity index (χ2v) is 9.29. The number of aliphatic hydroxyl groups excluding tert-OH is 1. The van der Waals surface area contributed by atoms with Crippen LogP contribution in [-0.4, -0.2) is 42.2 Å². The van der Waals surface area contributed by atoms with Gasteiger partial charge in [-0.3, -0.25) is 9.59 Å². The maximum absolute atomic E-state index is 13.7. The minimum absolute atomic E-state index is 0.0387. The number of benzene rings is 3. The molecule has 3 rings (SSSR count). The van der Waals surface area contributed by atoms with Gasteiger partial charge in [0.1, 0.15) is 11.6 Å². The van der Waals surface area contributed by atoms with Gasteiger partial charge in [-0.2, -0.15) is 13.2 Å². The van der Waals surface area contributed by atoms with E-state index < -0.39 is 53.9 Å². The van der Waals surface area contributed by atoms with Crippen molar-refractivity contribution in [3.63, 3.8) is 0 Å². The molecule has 3 aromatic rings. The summed E-state index contributed by atoms with van der Waals surface area (Å²) in [6.45, 7) is 1.96. The van der Waals surface area contributed by atoms with Gasteiger partial charge >= 0.3 is 6.18 Å². The van der Waals surface area contributed by atoms with Crippen LogP contribution >= 0.6 is 0 Å². The van der Waals surface area contributed by atoms with Crippen molar-refractivity contribution in [2.75, 3.05) is 13.1 Å². The largest absolute Gasteiger partial charge is 0.416 e. The van der Waals surface area contributed by atoms with E-state index >= 15 is 0 Å². The quantitative estimate of drug-likeness (QED) is 0.249. The number of rotatable bonds is 12. The Balaban J connectivity index is 1.62. The molecule has 0 aliphatic carbocycles. The van der Waals surface area contributed by atoms with Gasteiger partial charge in [0.15, 0.2) is 0 Å². The van der Waals surface area contributed by atoms with E-state index in [1.54, 1.807) is 0 Å². The standard InChI is InChI=1S/C29H30F5N3O3/c1-2-18-4-3-5-19(10-18)15-35-16-26(38)25(13-20-11-23(30)14-24(31)12-20)37-27(39)17-36-28(40)21-6-8-22(9-7-21)29(32,33)34/h3-12,14,25-26,35,38H,2,13,15-17H2,1H3,(H,36,40)(H,37,39). The van der Waals surface area contributed by atoms with E-state index in [9.17, 15) is 36.6 Å². The molecule has 2 unspecified atom stereocenters. The SMILES string of the molecule is CCc1cccc(CNCC(O)C(Cc2cc(F)cc(F)c2)NC(=O)CNC(=O)c2ccc(C(F)(F)F)cc2)c1. The van der Waals surface area contributed by atoms with Gasteiger partial charge in [-0.15, -0.1) is 0 Å². The summed E-state index contributed by atoms with van der Waals surface area (Å²) in [6, 6.07) is 13.3. The van der Waals surface area contributed by atoms with Gasteiger partial charge in [0.2, 0.25) is 5.91 Å². The van der Waals surface area contributed by atoms with E-state index in [-0.39, 0.29) is 24.1 Å². The van der Waals surface area contributed by atoms with Crippen molar-refractivity contribution < 1.29 is 36.6 Å². The van der Waals surface area contributed by atoms with Crippen molar-refractivity contribution in [3.8, 4) is 0 Å². The molecule has 0 aliphatic rings. The molecule has 40 heavy (non-hydrogen) atoms. The molecule has 0 saturated carbocycles. The number of hydrogen-bond donors (Lipinski definition) is 4. The summed E-state index contributed by atoms with van der Waals surface area (Å²) in [5.41, 5.74) is 1.34. The Morgan fingerprint density at radius 2 is 1.55 bits per heavy atom. The lowest BCUT2D eigenvalue weighted by Crippen LogP contribution is -2.51. The number of nitrogens with one attached hydrogen (secondary N) is 3. The molecule has 0 aromatic heterocycles. The van der Waals surface area contributed by atoms with E-state index in [1.807, 2.05) is 31.2 Å². The fraction of sp³-hybridized carbons (Fsp3) is 0.310. The highest BCUT2D eigenvalue weighted by atomic mass is 19.4. The molecule has 0 saturated heterocycles. The number of aliphatic hydroxyl groups is 1. The summed E-state index contributed by atoms with van der Waals surface area (Å²) in [4.78, 5) is 24.9. The predicted octanol–water partition coefficient (Wildman–Crippen LogP) is 4.15. The molecule has 0 radical (unpaired) electrons. The van der Waals surface area contributed by atoms with Crippen molar-refractivity contribution in [2.45, 2.75) is 44.6 Å². The average Bonchev–Trinajstić information content (AvgIpc) is 2.90. The third kappa shape index (κ3) is 9.42. The van der Waals surface area contributed by atoms with Crippen LogP contribution in [0.3, 0.4) is 0 Å². The van der Waals surface area contributed by atoms with Crippen molar-refractivity contribution in [2.24, 2.45) is 0 Å². The Morgan fingerprint density at radius 1 is 0.900 bits per heavy atom. The summed E-state index contributed by atoms with van der Waals surface area (Å²) < 4.78 is 65.7. The van der Waals surface area contributed by atoms with Crippen molar-refractivity contribution in [1.82, 2.24) is 16.0 Å². The fourth-order valence-corrected chi connectivity index (χ4v) is 4.06. The lowest BCUT2D eigenvalue weighted by atomic mass is 10.0. The third-order valence-corrected chi connectivity index (χ3v) is 6.15. The van der Waals surface area contributed by atoms with Crippen LogP contribution in [0.15, 0.2) is 66.7 Å². The van der Waals surface area contributed by atoms with Gasteiger partial charge in [0.25, 0.3) is 5.91 Å². The van der Waals surface area contributed by atoms with E-state index in [2.05, 4.69) is 16.0 Å². The van der Waals surface area contributed by atoms with E-state index in [0.717, 1.165) is 53.9 Å². The number of alkyl halides is 3. The summed E-state index contributed by atoms with van der Waals surface area (Å²) in [7, 11) is 0. The Morgan fingerprint density at radius 3 is 2.17 bits per heavy atom. The molecule has 0 heterocycles. The molecule has 11 heteroatoms. The first-order valence-electron chi connectivity index (χ1n) is 12.6. The molecule has 6 nitrogen and oxygen atoms in total. The second-order valence-electron chi connectivity index (χ2n) is 9.29. The summed E-state index contributed by atoms with van der Waals surface area (Å²) in [5, 5.41) is 18.8. The second kappa shape index (κ2) is 14.0. The first kappa shape index (κ1) is 30.7. The van der Waals surface area contributed by atoms with Crippen LogP contribution in [0.5, 0.6) is 0 Å². The van der Waals surface area contributed by atoms with Gasteiger partial charge in [0, 0.05) is 24.7 Å². The van der Waals surface area contributed by atoms with Crippen molar-refractivity contribution >= 4 is 11.8 Å². The van der Waals surface area contributed by atoms with E-state index in [4.69, 9.17) is 0 Å². The van der Waals surface area contributed by atoms with Crippen LogP contribution in [0.25, 0.3) is 0 Å². The Labute approximate surface area is 228 Å². The van der Waals surface area contributed by atoms with Crippen LogP contribution in [0.2, 0.25) is 0 Å². The zero-order valence-electron chi connectivity index (χ0n) is 21.7. The topological polar surface area (TPSA) is 90.5 Å². The lowest BCUT2D eigenvalue weighted by molar-refractivity contribution is -0.137. The van der Waals surface area contributed by atoms with Crippen LogP contribution in [0, 0.1) is 11.6 Å². The van der Waals surface area contributed by atoms with Crippen LogP contribution in [0.1, 0.15) is 39.5 Å². The smallest absolute Gasteiger partial charge is 0.390 e. The Hall–Kier alpha value is -3.83. The molecule has 3 aromatic carbocycles. The lowest BCUT2D eigenvalue weighted by Gasteiger charge is -2.25. The first-order valence-corrected chi connectivity index (χ1v) is 12.6. The summed E-state index contributed by atoms with van der Waals surface area (Å²) >= 11 is 0. The third-order valence-electron chi connectivity index (χ3n) is 6.15. The molecule has 0 fully saturated rings. The number of hydrogen-bond acceptors (Lipinski definition) is 4. The molecule has 0 bridgehead atoms. The number of carbonyl (C=O) groups excluding carboxylic acids is 2. The maximum Gasteiger partial charge on any atom is 0.416 e. The van der Waals surface area contributed by atoms with Gasteiger partial charge in [-0.1, -0.05) is 31.2 Å².